The number of hydrazone groups is 1. The smallest absolute Gasteiger partial charge is 0.0688 e. The molecule has 0 aliphatic heterocycles. The van der Waals surface area contributed by atoms with Gasteiger partial charge in [-0.2, -0.15) is 5.10 Å². The maximum Gasteiger partial charge on any atom is 0.0688 e. The maximum absolute atomic E-state index is 4.41. The summed E-state index contributed by atoms with van der Waals surface area (Å²) in [6.45, 7) is 3.87. The second kappa shape index (κ2) is 5.21. The van der Waals surface area contributed by atoms with Crippen molar-refractivity contribution in [3.63, 3.8) is 0 Å². The highest BCUT2D eigenvalue weighted by Crippen LogP contribution is 2.25. The van der Waals surface area contributed by atoms with E-state index < -0.39 is 0 Å². The molecule has 0 radical (unpaired) electrons. The van der Waals surface area contributed by atoms with Crippen LogP contribution in [0.1, 0.15) is 29.5 Å². The largest absolute Gasteiger partial charge is 0.252 e. The summed E-state index contributed by atoms with van der Waals surface area (Å²) < 4.78 is 0. The quantitative estimate of drug-likeness (QED) is 0.639. The lowest BCUT2D eigenvalue weighted by molar-refractivity contribution is 0.830. The van der Waals surface area contributed by atoms with E-state index in [0.717, 1.165) is 12.8 Å². The van der Waals surface area contributed by atoms with Crippen LogP contribution in [0.4, 0.5) is 0 Å². The molecule has 3 heteroatoms. The van der Waals surface area contributed by atoms with E-state index in [4.69, 9.17) is 0 Å². The van der Waals surface area contributed by atoms with E-state index in [1.807, 2.05) is 12.3 Å². The summed E-state index contributed by atoms with van der Waals surface area (Å²) in [5.74, 6) is 0. The van der Waals surface area contributed by atoms with Crippen LogP contribution in [0.25, 0.3) is 6.08 Å². The lowest BCUT2D eigenvalue weighted by Gasteiger charge is -2.19. The summed E-state index contributed by atoms with van der Waals surface area (Å²) >= 11 is 1.52. The summed E-state index contributed by atoms with van der Waals surface area (Å²) in [6, 6.07) is 6.36. The van der Waals surface area contributed by atoms with Gasteiger partial charge in [0.25, 0.3) is 0 Å². The van der Waals surface area contributed by atoms with Crippen molar-refractivity contribution < 1.29 is 0 Å². The molecule has 0 atom stereocenters. The zero-order chi connectivity index (χ0) is 11.4. The molecule has 1 aliphatic rings. The molecule has 1 aromatic carbocycles. The Morgan fingerprint density at radius 2 is 2.31 bits per heavy atom. The van der Waals surface area contributed by atoms with Crippen molar-refractivity contribution in [2.24, 2.45) is 5.10 Å². The molecule has 16 heavy (non-hydrogen) atoms. The number of benzene rings is 1. The molecular weight excluding hydrogens is 216 g/mol. The minimum Gasteiger partial charge on any atom is -0.252 e. The van der Waals surface area contributed by atoms with Crippen LogP contribution in [0.5, 0.6) is 0 Å². The van der Waals surface area contributed by atoms with Crippen LogP contribution in [-0.2, 0) is 6.42 Å². The Balaban J connectivity index is 2.43. The van der Waals surface area contributed by atoms with Crippen molar-refractivity contribution in [3.8, 4) is 0 Å². The Morgan fingerprint density at radius 3 is 3.06 bits per heavy atom. The lowest BCUT2D eigenvalue weighted by atomic mass is 9.87. The zero-order valence-corrected chi connectivity index (χ0v) is 10.3. The highest BCUT2D eigenvalue weighted by atomic mass is 32.2. The fourth-order valence-electron chi connectivity index (χ4n) is 2.13. The number of fused-ring (bicyclic) bond motifs is 1. The molecule has 1 aliphatic carbocycles. The fraction of sp³-hybridized carbons (Fsp3) is 0.308. The molecule has 0 unspecified atom stereocenters. The van der Waals surface area contributed by atoms with Crippen LogP contribution in [0.15, 0.2) is 29.9 Å². The molecule has 0 bridgehead atoms. The van der Waals surface area contributed by atoms with Gasteiger partial charge in [-0.25, -0.2) is 0 Å². The van der Waals surface area contributed by atoms with Gasteiger partial charge in [-0.15, -0.1) is 0 Å². The predicted molar refractivity (Wildman–Crippen MR) is 72.7 cm³/mol. The molecule has 0 heterocycles. The zero-order valence-electron chi connectivity index (χ0n) is 9.49. The SMILES string of the molecule is C=Cc1cccc2c1CCC/C2=N\NSC. The van der Waals surface area contributed by atoms with Gasteiger partial charge in [-0.05, 0) is 42.3 Å². The van der Waals surface area contributed by atoms with Crippen molar-refractivity contribution in [2.75, 3.05) is 6.26 Å². The second-order valence-electron chi connectivity index (χ2n) is 3.78. The van der Waals surface area contributed by atoms with Crippen LogP contribution in [0, 0.1) is 0 Å². The normalized spacial score (nSPS) is 16.9. The van der Waals surface area contributed by atoms with Gasteiger partial charge in [-0.3, -0.25) is 4.83 Å². The first-order chi connectivity index (χ1) is 7.86. The Morgan fingerprint density at radius 1 is 1.44 bits per heavy atom. The van der Waals surface area contributed by atoms with Gasteiger partial charge in [0.15, 0.2) is 0 Å². The van der Waals surface area contributed by atoms with Crippen LogP contribution >= 0.6 is 11.9 Å². The van der Waals surface area contributed by atoms with E-state index in [9.17, 15) is 0 Å². The first-order valence-corrected chi connectivity index (χ1v) is 6.68. The Hall–Kier alpha value is -1.22. The fourth-order valence-corrected chi connectivity index (χ4v) is 2.33. The lowest BCUT2D eigenvalue weighted by Crippen LogP contribution is -2.15. The van der Waals surface area contributed by atoms with E-state index in [1.165, 1.54) is 40.8 Å². The summed E-state index contributed by atoms with van der Waals surface area (Å²) in [5.41, 5.74) is 5.09. The van der Waals surface area contributed by atoms with E-state index in [1.54, 1.807) is 0 Å². The van der Waals surface area contributed by atoms with Gasteiger partial charge in [0.05, 0.1) is 5.71 Å². The molecule has 1 N–H and O–H groups in total. The molecule has 1 aromatic rings. The molecular formula is C13H16N2S. The number of nitrogens with zero attached hydrogens (tertiary/aromatic N) is 1. The topological polar surface area (TPSA) is 24.4 Å². The van der Waals surface area contributed by atoms with Crippen molar-refractivity contribution in [3.05, 3.63) is 41.5 Å². The van der Waals surface area contributed by atoms with Crippen LogP contribution in [-0.4, -0.2) is 12.0 Å². The molecule has 84 valence electrons. The Kier molecular flexibility index (Phi) is 3.67. The molecule has 0 amide bonds. The van der Waals surface area contributed by atoms with Crippen molar-refractivity contribution >= 4 is 23.7 Å². The standard InChI is InChI=1S/C13H16N2S/c1-3-10-6-4-8-12-11(10)7-5-9-13(12)14-15-16-2/h3-4,6,8,15H,1,5,7,9H2,2H3/b14-13+. The highest BCUT2D eigenvalue weighted by molar-refractivity contribution is 7.96. The van der Waals surface area contributed by atoms with Gasteiger partial charge >= 0.3 is 0 Å². The van der Waals surface area contributed by atoms with Gasteiger partial charge in [0.2, 0.25) is 0 Å². The van der Waals surface area contributed by atoms with Crippen LogP contribution < -0.4 is 4.83 Å². The minimum absolute atomic E-state index is 1.06. The van der Waals surface area contributed by atoms with E-state index in [0.29, 0.717) is 0 Å². The Labute approximate surface area is 101 Å². The molecule has 0 saturated heterocycles. The van der Waals surface area contributed by atoms with E-state index in [2.05, 4.69) is 34.7 Å². The first kappa shape index (κ1) is 11.3. The molecule has 0 spiro atoms. The highest BCUT2D eigenvalue weighted by Gasteiger charge is 2.17. The number of nitrogens with one attached hydrogen (secondary N) is 1. The third-order valence-corrected chi connectivity index (χ3v) is 3.13. The summed E-state index contributed by atoms with van der Waals surface area (Å²) in [6.07, 6.45) is 7.28. The van der Waals surface area contributed by atoms with Gasteiger partial charge in [0, 0.05) is 11.8 Å². The number of hydrogen-bond donors (Lipinski definition) is 1. The molecule has 2 nitrogen and oxygen atoms in total. The number of hydrogen-bond acceptors (Lipinski definition) is 3. The minimum atomic E-state index is 1.06. The monoisotopic (exact) mass is 232 g/mol. The summed E-state index contributed by atoms with van der Waals surface area (Å²) in [7, 11) is 0. The molecule has 0 fully saturated rings. The maximum atomic E-state index is 4.41. The van der Waals surface area contributed by atoms with Crippen molar-refractivity contribution in [1.82, 2.24) is 4.83 Å². The molecule has 0 saturated carbocycles. The molecule has 2 rings (SSSR count). The van der Waals surface area contributed by atoms with Crippen molar-refractivity contribution in [1.29, 1.82) is 0 Å². The first-order valence-electron chi connectivity index (χ1n) is 5.46. The predicted octanol–water partition coefficient (Wildman–Crippen LogP) is 3.24. The Bertz CT molecular complexity index is 424. The summed E-state index contributed by atoms with van der Waals surface area (Å²) in [5, 5.41) is 4.41. The van der Waals surface area contributed by atoms with E-state index >= 15 is 0 Å². The van der Waals surface area contributed by atoms with E-state index in [-0.39, 0.29) is 0 Å². The average molecular weight is 232 g/mol. The number of rotatable bonds is 3. The van der Waals surface area contributed by atoms with Crippen molar-refractivity contribution in [2.45, 2.75) is 19.3 Å². The van der Waals surface area contributed by atoms with Crippen LogP contribution in [0.3, 0.4) is 0 Å². The summed E-state index contributed by atoms with van der Waals surface area (Å²) in [4.78, 5) is 2.98. The average Bonchev–Trinajstić information content (AvgIpc) is 2.35. The van der Waals surface area contributed by atoms with Gasteiger partial charge < -0.3 is 0 Å². The molecule has 0 aromatic heterocycles. The third kappa shape index (κ3) is 2.14. The second-order valence-corrected chi connectivity index (χ2v) is 4.38. The van der Waals surface area contributed by atoms with Gasteiger partial charge in [-0.1, -0.05) is 30.9 Å². The van der Waals surface area contributed by atoms with Crippen LogP contribution in [0.2, 0.25) is 0 Å². The van der Waals surface area contributed by atoms with Gasteiger partial charge in [0.1, 0.15) is 0 Å². The third-order valence-electron chi connectivity index (χ3n) is 2.86.